The number of rotatable bonds is 6. The molecule has 1 heterocycles. The number of benzene rings is 2. The van der Waals surface area contributed by atoms with Crippen LogP contribution < -0.4 is 4.74 Å². The summed E-state index contributed by atoms with van der Waals surface area (Å²) in [6.45, 7) is 2.56. The number of nitriles is 1. The molecule has 0 N–H and O–H groups in total. The minimum Gasteiger partial charge on any atom is -0.489 e. The Labute approximate surface area is 181 Å². The average Bonchev–Trinajstić information content (AvgIpc) is 2.78. The SMILES string of the molecule is CCSC1=C(C#N)[C@H](c2ccc(OCc3ccccc3)cc2)[C@H]2C(=O)CCCC2=N1. The molecule has 0 unspecified atom stereocenters. The van der Waals surface area contributed by atoms with Crippen LogP contribution in [0.2, 0.25) is 0 Å². The van der Waals surface area contributed by atoms with E-state index in [0.717, 1.165) is 46.2 Å². The molecule has 0 bridgehead atoms. The number of fused-ring (bicyclic) bond motifs is 1. The van der Waals surface area contributed by atoms with Crippen molar-refractivity contribution in [2.45, 2.75) is 38.7 Å². The van der Waals surface area contributed by atoms with Crippen LogP contribution in [-0.2, 0) is 11.4 Å². The lowest BCUT2D eigenvalue weighted by atomic mass is 9.70. The molecule has 5 heteroatoms. The van der Waals surface area contributed by atoms with Crippen molar-refractivity contribution in [2.24, 2.45) is 10.9 Å². The van der Waals surface area contributed by atoms with Gasteiger partial charge < -0.3 is 4.74 Å². The number of Topliss-reactive ketones (excluding diaryl/α,β-unsaturated/α-hetero) is 1. The zero-order valence-corrected chi connectivity index (χ0v) is 17.8. The molecule has 0 amide bonds. The number of hydrogen-bond donors (Lipinski definition) is 0. The van der Waals surface area contributed by atoms with Crippen LogP contribution in [0, 0.1) is 17.2 Å². The van der Waals surface area contributed by atoms with E-state index >= 15 is 0 Å². The summed E-state index contributed by atoms with van der Waals surface area (Å²) in [5.41, 5.74) is 3.64. The van der Waals surface area contributed by atoms with Crippen LogP contribution in [0.15, 0.2) is 70.2 Å². The van der Waals surface area contributed by atoms with E-state index in [1.165, 1.54) is 0 Å². The molecule has 2 aromatic carbocycles. The molecule has 2 atom stereocenters. The highest BCUT2D eigenvalue weighted by molar-refractivity contribution is 8.03. The topological polar surface area (TPSA) is 62.4 Å². The van der Waals surface area contributed by atoms with Gasteiger partial charge in [0.25, 0.3) is 0 Å². The summed E-state index contributed by atoms with van der Waals surface area (Å²) in [5, 5.41) is 10.7. The van der Waals surface area contributed by atoms with Gasteiger partial charge in [-0.1, -0.05) is 49.4 Å². The maximum absolute atomic E-state index is 12.8. The van der Waals surface area contributed by atoms with E-state index in [0.29, 0.717) is 18.6 Å². The van der Waals surface area contributed by atoms with Crippen LogP contribution in [0.25, 0.3) is 0 Å². The lowest BCUT2D eigenvalue weighted by molar-refractivity contribution is -0.121. The minimum absolute atomic E-state index is 0.197. The van der Waals surface area contributed by atoms with Crippen molar-refractivity contribution < 1.29 is 9.53 Å². The molecular formula is C25H24N2O2S. The normalized spacial score (nSPS) is 20.9. The Kier molecular flexibility index (Phi) is 6.35. The maximum atomic E-state index is 12.8. The summed E-state index contributed by atoms with van der Waals surface area (Å²) >= 11 is 1.58. The van der Waals surface area contributed by atoms with Gasteiger partial charge in [-0.25, -0.2) is 4.99 Å². The third-order valence-electron chi connectivity index (χ3n) is 5.57. The van der Waals surface area contributed by atoms with Crippen molar-refractivity contribution >= 4 is 23.3 Å². The fourth-order valence-corrected chi connectivity index (χ4v) is 4.95. The Morgan fingerprint density at radius 1 is 1.10 bits per heavy atom. The van der Waals surface area contributed by atoms with Crippen LogP contribution in [0.3, 0.4) is 0 Å². The summed E-state index contributed by atoms with van der Waals surface area (Å²) in [7, 11) is 0. The van der Waals surface area contributed by atoms with E-state index in [2.05, 4.69) is 13.0 Å². The van der Waals surface area contributed by atoms with Gasteiger partial charge >= 0.3 is 0 Å². The molecule has 2 aromatic rings. The third-order valence-corrected chi connectivity index (χ3v) is 6.44. The quantitative estimate of drug-likeness (QED) is 0.609. The second-order valence-corrected chi connectivity index (χ2v) is 8.74. The Morgan fingerprint density at radius 2 is 1.87 bits per heavy atom. The molecule has 0 aromatic heterocycles. The highest BCUT2D eigenvalue weighted by atomic mass is 32.2. The van der Waals surface area contributed by atoms with Crippen LogP contribution in [-0.4, -0.2) is 17.2 Å². The molecule has 0 radical (unpaired) electrons. The van der Waals surface area contributed by atoms with Crippen LogP contribution in [0.4, 0.5) is 0 Å². The summed E-state index contributed by atoms with van der Waals surface area (Å²) in [6, 6.07) is 20.2. The van der Waals surface area contributed by atoms with Gasteiger partial charge in [0, 0.05) is 18.1 Å². The minimum atomic E-state index is -0.314. The Bertz CT molecular complexity index is 1020. The molecule has 4 nitrogen and oxygen atoms in total. The largest absolute Gasteiger partial charge is 0.489 e. The van der Waals surface area contributed by atoms with E-state index in [-0.39, 0.29) is 17.6 Å². The van der Waals surface area contributed by atoms with E-state index < -0.39 is 0 Å². The van der Waals surface area contributed by atoms with Crippen molar-refractivity contribution in [2.75, 3.05) is 5.75 Å². The first-order valence-corrected chi connectivity index (χ1v) is 11.3. The average molecular weight is 417 g/mol. The first-order chi connectivity index (χ1) is 14.7. The summed E-state index contributed by atoms with van der Waals surface area (Å²) in [5.74, 6) is 1.24. The van der Waals surface area contributed by atoms with E-state index in [4.69, 9.17) is 9.73 Å². The molecule has 4 rings (SSSR count). The molecule has 1 saturated carbocycles. The molecule has 152 valence electrons. The van der Waals surface area contributed by atoms with Gasteiger partial charge in [0.1, 0.15) is 23.2 Å². The molecule has 30 heavy (non-hydrogen) atoms. The number of ketones is 1. The highest BCUT2D eigenvalue weighted by Gasteiger charge is 2.42. The van der Waals surface area contributed by atoms with Crippen LogP contribution in [0.1, 0.15) is 43.2 Å². The number of allylic oxidation sites excluding steroid dienone is 1. The fraction of sp³-hybridized carbons (Fsp3) is 0.320. The van der Waals surface area contributed by atoms with Crippen molar-refractivity contribution in [3.05, 3.63) is 76.3 Å². The smallest absolute Gasteiger partial charge is 0.142 e. The Balaban J connectivity index is 1.62. The maximum Gasteiger partial charge on any atom is 0.142 e. The molecule has 0 spiro atoms. The fourth-order valence-electron chi connectivity index (χ4n) is 4.17. The summed E-state index contributed by atoms with van der Waals surface area (Å²) in [6.07, 6.45) is 2.24. The first-order valence-electron chi connectivity index (χ1n) is 10.3. The number of carbonyl (C=O) groups excluding carboxylic acids is 1. The summed E-state index contributed by atoms with van der Waals surface area (Å²) in [4.78, 5) is 17.6. The van der Waals surface area contributed by atoms with E-state index in [9.17, 15) is 10.1 Å². The van der Waals surface area contributed by atoms with E-state index in [1.807, 2.05) is 54.6 Å². The number of thioether (sulfide) groups is 1. The zero-order valence-electron chi connectivity index (χ0n) is 17.0. The molecule has 1 aliphatic heterocycles. The van der Waals surface area contributed by atoms with Crippen molar-refractivity contribution in [3.63, 3.8) is 0 Å². The van der Waals surface area contributed by atoms with Gasteiger partial charge in [0.2, 0.25) is 0 Å². The predicted octanol–water partition coefficient (Wildman–Crippen LogP) is 5.66. The first kappa shape index (κ1) is 20.4. The number of carbonyl (C=O) groups is 1. The predicted molar refractivity (Wildman–Crippen MR) is 121 cm³/mol. The van der Waals surface area contributed by atoms with Gasteiger partial charge in [0.15, 0.2) is 0 Å². The molecule has 1 aliphatic carbocycles. The lowest BCUT2D eigenvalue weighted by Gasteiger charge is -2.34. The van der Waals surface area contributed by atoms with Gasteiger partial charge in [-0.2, -0.15) is 5.26 Å². The van der Waals surface area contributed by atoms with E-state index in [1.54, 1.807) is 11.8 Å². The number of hydrogen-bond acceptors (Lipinski definition) is 5. The Morgan fingerprint density at radius 3 is 2.57 bits per heavy atom. The monoisotopic (exact) mass is 416 g/mol. The van der Waals surface area contributed by atoms with Gasteiger partial charge in [0.05, 0.1) is 17.6 Å². The lowest BCUT2D eigenvalue weighted by Crippen LogP contribution is -2.37. The standard InChI is InChI=1S/C25H24N2O2S/c1-2-30-25-20(15-26)23(24-21(27-25)9-6-10-22(24)28)18-11-13-19(14-12-18)29-16-17-7-4-3-5-8-17/h3-5,7-8,11-14,23-24H,2,6,9-10,16H2,1H3/t23-,24+/m0/s1. The third kappa shape index (κ3) is 4.20. The van der Waals surface area contributed by atoms with Crippen LogP contribution in [0.5, 0.6) is 5.75 Å². The molecule has 0 saturated heterocycles. The Hall–Kier alpha value is -2.84. The second-order valence-electron chi connectivity index (χ2n) is 7.49. The van der Waals surface area contributed by atoms with Crippen molar-refractivity contribution in [3.8, 4) is 11.8 Å². The number of nitrogens with zero attached hydrogens (tertiary/aromatic N) is 2. The van der Waals surface area contributed by atoms with Crippen LogP contribution >= 0.6 is 11.8 Å². The number of ether oxygens (including phenoxy) is 1. The zero-order chi connectivity index (χ0) is 20.9. The van der Waals surface area contributed by atoms with Crippen molar-refractivity contribution in [1.82, 2.24) is 0 Å². The number of aliphatic imine (C=N–C) groups is 1. The summed E-state index contributed by atoms with van der Waals surface area (Å²) < 4.78 is 5.90. The van der Waals surface area contributed by atoms with Gasteiger partial charge in [-0.3, -0.25) is 4.79 Å². The molecule has 1 fully saturated rings. The van der Waals surface area contributed by atoms with Crippen molar-refractivity contribution in [1.29, 1.82) is 5.26 Å². The van der Waals surface area contributed by atoms with Gasteiger partial charge in [-0.15, -0.1) is 11.8 Å². The molecule has 2 aliphatic rings. The van der Waals surface area contributed by atoms with Gasteiger partial charge in [-0.05, 0) is 41.9 Å². The highest BCUT2D eigenvalue weighted by Crippen LogP contribution is 2.45. The second kappa shape index (κ2) is 9.32. The molecular weight excluding hydrogens is 392 g/mol.